The van der Waals surface area contributed by atoms with E-state index in [9.17, 15) is 0 Å². The number of hydrogen-bond acceptors (Lipinski definition) is 5. The van der Waals surface area contributed by atoms with Crippen LogP contribution in [0.5, 0.6) is 11.5 Å². The molecule has 1 N–H and O–H groups in total. The summed E-state index contributed by atoms with van der Waals surface area (Å²) in [5.74, 6) is 1.21. The van der Waals surface area contributed by atoms with Crippen LogP contribution in [0.15, 0.2) is 23.7 Å². The van der Waals surface area contributed by atoms with Crippen molar-refractivity contribution >= 4 is 22.9 Å². The molecule has 21 heavy (non-hydrogen) atoms. The molecule has 0 fully saturated rings. The number of thiazole rings is 1. The van der Waals surface area contributed by atoms with Crippen LogP contribution in [0.4, 0.5) is 0 Å². The van der Waals surface area contributed by atoms with Crippen molar-refractivity contribution in [3.05, 3.63) is 39.3 Å². The van der Waals surface area contributed by atoms with Crippen molar-refractivity contribution in [2.45, 2.75) is 25.9 Å². The number of aromatic nitrogens is 1. The number of halogens is 1. The van der Waals surface area contributed by atoms with E-state index in [0.29, 0.717) is 23.1 Å². The maximum atomic E-state index is 6.39. The maximum absolute atomic E-state index is 6.39. The fourth-order valence-corrected chi connectivity index (χ4v) is 3.21. The molecule has 0 saturated heterocycles. The summed E-state index contributed by atoms with van der Waals surface area (Å²) in [6.45, 7) is 2.78. The molecule has 4 nitrogen and oxygen atoms in total. The molecule has 2 rings (SSSR count). The highest BCUT2D eigenvalue weighted by molar-refractivity contribution is 7.09. The Morgan fingerprint density at radius 3 is 2.71 bits per heavy atom. The third-order valence-corrected chi connectivity index (χ3v) is 4.57. The van der Waals surface area contributed by atoms with Crippen LogP contribution < -0.4 is 14.8 Å². The van der Waals surface area contributed by atoms with Crippen molar-refractivity contribution < 1.29 is 9.47 Å². The first-order valence-electron chi connectivity index (χ1n) is 6.73. The molecule has 0 spiro atoms. The molecule has 0 radical (unpaired) electrons. The van der Waals surface area contributed by atoms with Crippen LogP contribution >= 0.6 is 22.9 Å². The molecule has 0 aliphatic carbocycles. The van der Waals surface area contributed by atoms with Gasteiger partial charge in [0.2, 0.25) is 0 Å². The van der Waals surface area contributed by atoms with E-state index < -0.39 is 0 Å². The molecule has 0 saturated carbocycles. The number of ether oxygens (including phenoxy) is 2. The van der Waals surface area contributed by atoms with Gasteiger partial charge in [-0.2, -0.15) is 0 Å². The van der Waals surface area contributed by atoms with Gasteiger partial charge in [0.1, 0.15) is 5.01 Å². The molecule has 1 atom stereocenters. The normalized spacial score (nSPS) is 12.2. The Kier molecular flexibility index (Phi) is 5.85. The minimum atomic E-state index is 0.231. The highest BCUT2D eigenvalue weighted by Gasteiger charge is 2.15. The molecule has 2 aromatic rings. The number of rotatable bonds is 7. The Morgan fingerprint density at radius 1 is 1.33 bits per heavy atom. The van der Waals surface area contributed by atoms with E-state index in [2.05, 4.69) is 17.2 Å². The first-order chi connectivity index (χ1) is 10.2. The lowest BCUT2D eigenvalue weighted by atomic mass is 10.1. The third-order valence-electron chi connectivity index (χ3n) is 3.26. The Balaban J connectivity index is 2.13. The monoisotopic (exact) mass is 326 g/mol. The standard InChI is InChI=1S/C15H19ClN2O2S/c1-4-11(15-17-7-8-21-15)18-9-10-5-6-12(19-2)14(20-3)13(10)16/h5-8,11,18H,4,9H2,1-3H3. The number of hydrogen-bond donors (Lipinski definition) is 1. The van der Waals surface area contributed by atoms with Gasteiger partial charge >= 0.3 is 0 Å². The lowest BCUT2D eigenvalue weighted by Gasteiger charge is -2.17. The summed E-state index contributed by atoms with van der Waals surface area (Å²) in [6, 6.07) is 4.05. The zero-order valence-electron chi connectivity index (χ0n) is 12.4. The zero-order valence-corrected chi connectivity index (χ0v) is 13.9. The minimum absolute atomic E-state index is 0.231. The van der Waals surface area contributed by atoms with Gasteiger partial charge < -0.3 is 14.8 Å². The summed E-state index contributed by atoms with van der Waals surface area (Å²) < 4.78 is 10.6. The highest BCUT2D eigenvalue weighted by atomic mass is 35.5. The number of nitrogens with zero attached hydrogens (tertiary/aromatic N) is 1. The van der Waals surface area contributed by atoms with Gasteiger partial charge in [-0.3, -0.25) is 0 Å². The fourth-order valence-electron chi connectivity index (χ4n) is 2.11. The Morgan fingerprint density at radius 2 is 2.14 bits per heavy atom. The van der Waals surface area contributed by atoms with Crippen molar-refractivity contribution in [1.29, 1.82) is 0 Å². The molecule has 0 aliphatic heterocycles. The molecule has 0 bridgehead atoms. The van der Waals surface area contributed by atoms with Crippen molar-refractivity contribution in [2.75, 3.05) is 14.2 Å². The molecule has 1 aromatic carbocycles. The van der Waals surface area contributed by atoms with Crippen LogP contribution in [-0.2, 0) is 6.54 Å². The van der Waals surface area contributed by atoms with Crippen LogP contribution in [0.1, 0.15) is 30.0 Å². The second-order valence-corrected chi connectivity index (χ2v) is 5.79. The van der Waals surface area contributed by atoms with E-state index in [0.717, 1.165) is 17.0 Å². The minimum Gasteiger partial charge on any atom is -0.493 e. The van der Waals surface area contributed by atoms with E-state index in [1.54, 1.807) is 25.6 Å². The van der Waals surface area contributed by atoms with Crippen LogP contribution in [0.25, 0.3) is 0 Å². The summed E-state index contributed by atoms with van der Waals surface area (Å²) in [5.41, 5.74) is 0.976. The van der Waals surface area contributed by atoms with Gasteiger partial charge in [-0.15, -0.1) is 11.3 Å². The molecule has 6 heteroatoms. The van der Waals surface area contributed by atoms with Crippen LogP contribution in [0.2, 0.25) is 5.02 Å². The largest absolute Gasteiger partial charge is 0.493 e. The number of benzene rings is 1. The molecule has 114 valence electrons. The molecule has 0 aliphatic rings. The van der Waals surface area contributed by atoms with Crippen LogP contribution in [0.3, 0.4) is 0 Å². The van der Waals surface area contributed by atoms with Crippen molar-refractivity contribution in [1.82, 2.24) is 10.3 Å². The SMILES string of the molecule is CCC(NCc1ccc(OC)c(OC)c1Cl)c1nccs1. The van der Waals surface area contributed by atoms with E-state index >= 15 is 0 Å². The van der Waals surface area contributed by atoms with E-state index in [1.807, 2.05) is 23.7 Å². The zero-order chi connectivity index (χ0) is 15.2. The molecular formula is C15H19ClN2O2S. The van der Waals surface area contributed by atoms with Crippen LogP contribution in [-0.4, -0.2) is 19.2 Å². The Bertz CT molecular complexity index is 575. The van der Waals surface area contributed by atoms with E-state index in [1.165, 1.54) is 0 Å². The average Bonchev–Trinajstić information content (AvgIpc) is 3.03. The summed E-state index contributed by atoms with van der Waals surface area (Å²) in [6.07, 6.45) is 2.80. The molecule has 0 amide bonds. The van der Waals surface area contributed by atoms with Gasteiger partial charge in [0.05, 0.1) is 25.3 Å². The summed E-state index contributed by atoms with van der Waals surface area (Å²) in [7, 11) is 3.19. The lowest BCUT2D eigenvalue weighted by molar-refractivity contribution is 0.354. The lowest BCUT2D eigenvalue weighted by Crippen LogP contribution is -2.20. The van der Waals surface area contributed by atoms with E-state index in [-0.39, 0.29) is 6.04 Å². The predicted molar refractivity (Wildman–Crippen MR) is 86.5 cm³/mol. The second-order valence-electron chi connectivity index (χ2n) is 4.49. The first kappa shape index (κ1) is 16.1. The molecule has 1 unspecified atom stereocenters. The molecule has 1 heterocycles. The van der Waals surface area contributed by atoms with E-state index in [4.69, 9.17) is 21.1 Å². The van der Waals surface area contributed by atoms with Crippen molar-refractivity contribution in [3.63, 3.8) is 0 Å². The molecule has 1 aromatic heterocycles. The summed E-state index contributed by atoms with van der Waals surface area (Å²) in [5, 5.41) is 7.15. The van der Waals surface area contributed by atoms with Crippen LogP contribution in [0, 0.1) is 0 Å². The summed E-state index contributed by atoms with van der Waals surface area (Å²) in [4.78, 5) is 4.36. The quantitative estimate of drug-likeness (QED) is 0.833. The van der Waals surface area contributed by atoms with Crippen molar-refractivity contribution in [3.8, 4) is 11.5 Å². The van der Waals surface area contributed by atoms with Gasteiger partial charge in [0.25, 0.3) is 0 Å². The number of nitrogens with one attached hydrogen (secondary N) is 1. The predicted octanol–water partition coefficient (Wildman–Crippen LogP) is 4.05. The summed E-state index contributed by atoms with van der Waals surface area (Å²) >= 11 is 8.04. The second kappa shape index (κ2) is 7.64. The fraction of sp³-hybridized carbons (Fsp3) is 0.400. The number of methoxy groups -OCH3 is 2. The topological polar surface area (TPSA) is 43.4 Å². The first-order valence-corrected chi connectivity index (χ1v) is 7.99. The Labute approximate surface area is 134 Å². The van der Waals surface area contributed by atoms with Gasteiger partial charge in [-0.05, 0) is 18.1 Å². The smallest absolute Gasteiger partial charge is 0.179 e. The van der Waals surface area contributed by atoms with Gasteiger partial charge in [-0.25, -0.2) is 4.98 Å². The third kappa shape index (κ3) is 3.67. The maximum Gasteiger partial charge on any atom is 0.179 e. The van der Waals surface area contributed by atoms with Gasteiger partial charge in [0.15, 0.2) is 11.5 Å². The van der Waals surface area contributed by atoms with Crippen molar-refractivity contribution in [2.24, 2.45) is 0 Å². The van der Waals surface area contributed by atoms with Gasteiger partial charge in [0, 0.05) is 18.1 Å². The Hall–Kier alpha value is -1.30. The van der Waals surface area contributed by atoms with Gasteiger partial charge in [-0.1, -0.05) is 24.6 Å². The average molecular weight is 327 g/mol. The molecular weight excluding hydrogens is 308 g/mol. The highest BCUT2D eigenvalue weighted by Crippen LogP contribution is 2.37.